The van der Waals surface area contributed by atoms with Crippen molar-refractivity contribution in [3.63, 3.8) is 0 Å². The van der Waals surface area contributed by atoms with Crippen molar-refractivity contribution in [2.24, 2.45) is 0 Å². The van der Waals surface area contributed by atoms with E-state index in [1.165, 1.54) is 0 Å². The zero-order chi connectivity index (χ0) is 13.7. The van der Waals surface area contributed by atoms with Crippen molar-refractivity contribution in [3.8, 4) is 0 Å². The number of carbonyl (C=O) groups excluding carboxylic acids is 1. The third-order valence-electron chi connectivity index (χ3n) is 2.53. The van der Waals surface area contributed by atoms with Crippen LogP contribution >= 0.6 is 11.6 Å². The number of carbonyl (C=O) groups is 1. The number of likely N-dealkylation sites (N-methyl/N-ethyl adjacent to an activating group) is 2. The van der Waals surface area contributed by atoms with Crippen LogP contribution in [0.25, 0.3) is 0 Å². The first kappa shape index (κ1) is 14.7. The number of halogens is 1. The van der Waals surface area contributed by atoms with Crippen LogP contribution in [0.4, 0.5) is 5.82 Å². The van der Waals surface area contributed by atoms with Crippen LogP contribution in [0.3, 0.4) is 0 Å². The standard InChI is InChI=1S/C12H19ClN4O/c1-5-17(7-11(18)14-4)10-6-9(13)15-12(16-10)8(2)3/h6,8H,5,7H2,1-4H3,(H,14,18). The van der Waals surface area contributed by atoms with Crippen molar-refractivity contribution in [2.45, 2.75) is 26.7 Å². The van der Waals surface area contributed by atoms with Gasteiger partial charge < -0.3 is 10.2 Å². The molecule has 0 saturated heterocycles. The number of aromatic nitrogens is 2. The van der Waals surface area contributed by atoms with Gasteiger partial charge in [0.15, 0.2) is 0 Å². The van der Waals surface area contributed by atoms with E-state index >= 15 is 0 Å². The van der Waals surface area contributed by atoms with Gasteiger partial charge in [-0.2, -0.15) is 0 Å². The molecule has 1 heterocycles. The van der Waals surface area contributed by atoms with E-state index in [4.69, 9.17) is 11.6 Å². The fourth-order valence-electron chi connectivity index (χ4n) is 1.45. The molecule has 0 aromatic carbocycles. The number of rotatable bonds is 5. The maximum Gasteiger partial charge on any atom is 0.239 e. The van der Waals surface area contributed by atoms with Crippen molar-refractivity contribution in [2.75, 3.05) is 25.0 Å². The van der Waals surface area contributed by atoms with Gasteiger partial charge in [-0.3, -0.25) is 4.79 Å². The highest BCUT2D eigenvalue weighted by Crippen LogP contribution is 2.19. The van der Waals surface area contributed by atoms with Gasteiger partial charge in [0.25, 0.3) is 0 Å². The van der Waals surface area contributed by atoms with Crippen LogP contribution < -0.4 is 10.2 Å². The molecule has 0 saturated carbocycles. The molecule has 0 aliphatic heterocycles. The van der Waals surface area contributed by atoms with Gasteiger partial charge in [0.2, 0.25) is 5.91 Å². The number of hydrogen-bond donors (Lipinski definition) is 1. The molecule has 1 rings (SSSR count). The lowest BCUT2D eigenvalue weighted by molar-refractivity contribution is -0.119. The molecule has 1 amide bonds. The maximum atomic E-state index is 11.4. The summed E-state index contributed by atoms with van der Waals surface area (Å²) in [4.78, 5) is 21.9. The van der Waals surface area contributed by atoms with E-state index < -0.39 is 0 Å². The number of hydrogen-bond acceptors (Lipinski definition) is 4. The Balaban J connectivity index is 3.01. The lowest BCUT2D eigenvalue weighted by Crippen LogP contribution is -2.36. The largest absolute Gasteiger partial charge is 0.358 e. The predicted molar refractivity (Wildman–Crippen MR) is 73.1 cm³/mol. The molecular formula is C12H19ClN4O. The molecule has 6 heteroatoms. The minimum atomic E-state index is -0.0577. The van der Waals surface area contributed by atoms with Gasteiger partial charge in [0.05, 0.1) is 6.54 Å². The molecule has 1 N–H and O–H groups in total. The summed E-state index contributed by atoms with van der Waals surface area (Å²) in [5, 5.41) is 3.00. The van der Waals surface area contributed by atoms with Gasteiger partial charge in [-0.05, 0) is 6.92 Å². The zero-order valence-electron chi connectivity index (χ0n) is 11.2. The number of amides is 1. The Kier molecular flexibility index (Phi) is 5.34. The van der Waals surface area contributed by atoms with Gasteiger partial charge in [0, 0.05) is 25.6 Å². The Labute approximate surface area is 113 Å². The topological polar surface area (TPSA) is 58.1 Å². The number of anilines is 1. The average Bonchev–Trinajstić information content (AvgIpc) is 2.34. The highest BCUT2D eigenvalue weighted by molar-refractivity contribution is 6.29. The second-order valence-electron chi connectivity index (χ2n) is 4.25. The zero-order valence-corrected chi connectivity index (χ0v) is 12.0. The fourth-order valence-corrected chi connectivity index (χ4v) is 1.63. The summed E-state index contributed by atoms with van der Waals surface area (Å²) in [6.07, 6.45) is 0. The lowest BCUT2D eigenvalue weighted by Gasteiger charge is -2.21. The van der Waals surface area contributed by atoms with E-state index in [9.17, 15) is 4.79 Å². The summed E-state index contributed by atoms with van der Waals surface area (Å²) in [7, 11) is 1.61. The second kappa shape index (κ2) is 6.54. The molecule has 0 bridgehead atoms. The summed E-state index contributed by atoms with van der Waals surface area (Å²) in [5.41, 5.74) is 0. The smallest absolute Gasteiger partial charge is 0.239 e. The van der Waals surface area contributed by atoms with Crippen molar-refractivity contribution < 1.29 is 4.79 Å². The Hall–Kier alpha value is -1.36. The summed E-state index contributed by atoms with van der Waals surface area (Å²) >= 11 is 5.99. The minimum absolute atomic E-state index is 0.0577. The summed E-state index contributed by atoms with van der Waals surface area (Å²) in [6, 6.07) is 1.68. The summed E-state index contributed by atoms with van der Waals surface area (Å²) in [5.74, 6) is 1.51. The highest BCUT2D eigenvalue weighted by atomic mass is 35.5. The minimum Gasteiger partial charge on any atom is -0.358 e. The van der Waals surface area contributed by atoms with E-state index in [1.54, 1.807) is 13.1 Å². The van der Waals surface area contributed by atoms with Crippen LogP contribution in [-0.2, 0) is 4.79 Å². The van der Waals surface area contributed by atoms with Crippen LogP contribution in [0, 0.1) is 0 Å². The third-order valence-corrected chi connectivity index (χ3v) is 2.73. The van der Waals surface area contributed by atoms with E-state index in [1.807, 2.05) is 25.7 Å². The first-order chi connectivity index (χ1) is 8.47. The molecule has 0 unspecified atom stereocenters. The van der Waals surface area contributed by atoms with Crippen LogP contribution in [0.1, 0.15) is 32.5 Å². The highest BCUT2D eigenvalue weighted by Gasteiger charge is 2.14. The third kappa shape index (κ3) is 3.84. The molecule has 0 fully saturated rings. The molecule has 0 aliphatic rings. The van der Waals surface area contributed by atoms with E-state index in [0.717, 1.165) is 0 Å². The molecule has 0 spiro atoms. The van der Waals surface area contributed by atoms with E-state index in [2.05, 4.69) is 15.3 Å². The van der Waals surface area contributed by atoms with Crippen LogP contribution in [0.5, 0.6) is 0 Å². The van der Waals surface area contributed by atoms with Gasteiger partial charge >= 0.3 is 0 Å². The average molecular weight is 271 g/mol. The first-order valence-corrected chi connectivity index (χ1v) is 6.35. The number of nitrogens with zero attached hydrogens (tertiary/aromatic N) is 3. The maximum absolute atomic E-state index is 11.4. The molecule has 0 aliphatic carbocycles. The lowest BCUT2D eigenvalue weighted by atomic mass is 10.2. The molecule has 0 radical (unpaired) electrons. The molecule has 1 aromatic rings. The Morgan fingerprint density at radius 2 is 2.17 bits per heavy atom. The van der Waals surface area contributed by atoms with E-state index in [0.29, 0.717) is 23.3 Å². The van der Waals surface area contributed by atoms with E-state index in [-0.39, 0.29) is 18.4 Å². The van der Waals surface area contributed by atoms with Crippen molar-refractivity contribution in [1.29, 1.82) is 0 Å². The van der Waals surface area contributed by atoms with Crippen LogP contribution in [0.15, 0.2) is 6.07 Å². The molecule has 1 aromatic heterocycles. The quantitative estimate of drug-likeness (QED) is 0.830. The van der Waals surface area contributed by atoms with Crippen LogP contribution in [-0.4, -0.2) is 36.0 Å². The Bertz CT molecular complexity index is 423. The first-order valence-electron chi connectivity index (χ1n) is 5.97. The number of nitrogens with one attached hydrogen (secondary N) is 1. The molecule has 18 heavy (non-hydrogen) atoms. The molecule has 5 nitrogen and oxygen atoms in total. The van der Waals surface area contributed by atoms with Gasteiger partial charge in [-0.1, -0.05) is 25.4 Å². The second-order valence-corrected chi connectivity index (χ2v) is 4.64. The van der Waals surface area contributed by atoms with Gasteiger partial charge in [-0.25, -0.2) is 9.97 Å². The van der Waals surface area contributed by atoms with Gasteiger partial charge in [0.1, 0.15) is 16.8 Å². The van der Waals surface area contributed by atoms with Crippen molar-refractivity contribution in [3.05, 3.63) is 17.0 Å². The fraction of sp³-hybridized carbons (Fsp3) is 0.583. The SMILES string of the molecule is CCN(CC(=O)NC)c1cc(Cl)nc(C(C)C)n1. The molecular weight excluding hydrogens is 252 g/mol. The summed E-state index contributed by atoms with van der Waals surface area (Å²) < 4.78 is 0. The predicted octanol–water partition coefficient (Wildman–Crippen LogP) is 1.83. The normalized spacial score (nSPS) is 10.6. The molecule has 100 valence electrons. The van der Waals surface area contributed by atoms with Crippen molar-refractivity contribution >= 4 is 23.3 Å². The molecule has 0 atom stereocenters. The van der Waals surface area contributed by atoms with Crippen LogP contribution in [0.2, 0.25) is 5.15 Å². The Morgan fingerprint density at radius 3 is 2.67 bits per heavy atom. The monoisotopic (exact) mass is 270 g/mol. The van der Waals surface area contributed by atoms with Crippen molar-refractivity contribution in [1.82, 2.24) is 15.3 Å². The summed E-state index contributed by atoms with van der Waals surface area (Å²) in [6.45, 7) is 6.92. The van der Waals surface area contributed by atoms with Gasteiger partial charge in [-0.15, -0.1) is 0 Å². The Morgan fingerprint density at radius 1 is 1.50 bits per heavy atom.